The van der Waals surface area contributed by atoms with E-state index >= 15 is 0 Å². The zero-order valence-corrected chi connectivity index (χ0v) is 20.6. The normalized spacial score (nSPS) is 12.6. The maximum Gasteiger partial charge on any atom is 0.272 e. The number of aryl methyl sites for hydroxylation is 1. The van der Waals surface area contributed by atoms with Crippen LogP contribution in [0.3, 0.4) is 0 Å². The van der Waals surface area contributed by atoms with Crippen LogP contribution in [0.15, 0.2) is 35.2 Å². The van der Waals surface area contributed by atoms with Crippen LogP contribution in [0.5, 0.6) is 11.5 Å². The fraction of sp³-hybridized carbons (Fsp3) is 0.333. The molecular formula is C24H26N6O3S. The standard InChI is InChI=1S/C24H26N6O3S/c1-24(2,3)13-25-23(31)21-17-11-33-20-9-19(32-5)15(18-10-29(4)28-26-18)8-16(20)22(17)30(27-21)14-6-7-34-12-14/h6-10,12H,11,13H2,1-5H3,(H,25,31). The first-order valence-corrected chi connectivity index (χ1v) is 11.8. The number of carbonyl (C=O) groups is 1. The van der Waals surface area contributed by atoms with E-state index in [9.17, 15) is 4.79 Å². The number of amides is 1. The van der Waals surface area contributed by atoms with Crippen LogP contribution in [-0.4, -0.2) is 44.3 Å². The van der Waals surface area contributed by atoms with Crippen LogP contribution < -0.4 is 14.8 Å². The third kappa shape index (κ3) is 3.94. The highest BCUT2D eigenvalue weighted by Gasteiger charge is 2.32. The molecule has 0 saturated carbocycles. The maximum atomic E-state index is 13.2. The van der Waals surface area contributed by atoms with Crippen LogP contribution in [0.2, 0.25) is 0 Å². The molecule has 1 aromatic carbocycles. The molecule has 1 N–H and O–H groups in total. The Morgan fingerprint density at radius 2 is 2.12 bits per heavy atom. The Bertz CT molecular complexity index is 1360. The van der Waals surface area contributed by atoms with Gasteiger partial charge in [0.2, 0.25) is 0 Å². The number of aromatic nitrogens is 5. The molecule has 0 aliphatic carbocycles. The molecule has 1 aliphatic rings. The lowest BCUT2D eigenvalue weighted by Gasteiger charge is -2.22. The monoisotopic (exact) mass is 478 g/mol. The van der Waals surface area contributed by atoms with Crippen LogP contribution in [0.25, 0.3) is 28.2 Å². The number of fused-ring (bicyclic) bond motifs is 3. The van der Waals surface area contributed by atoms with E-state index in [1.165, 1.54) is 0 Å². The summed E-state index contributed by atoms with van der Waals surface area (Å²) in [5, 5.41) is 20.1. The molecule has 0 atom stereocenters. The third-order valence-corrected chi connectivity index (χ3v) is 6.21. The average molecular weight is 479 g/mol. The minimum absolute atomic E-state index is 0.0447. The second-order valence-corrected chi connectivity index (χ2v) is 10.2. The molecule has 34 heavy (non-hydrogen) atoms. The summed E-state index contributed by atoms with van der Waals surface area (Å²) in [4.78, 5) is 13.2. The lowest BCUT2D eigenvalue weighted by Crippen LogP contribution is -2.33. The fourth-order valence-electron chi connectivity index (χ4n) is 3.90. The van der Waals surface area contributed by atoms with Gasteiger partial charge >= 0.3 is 0 Å². The Balaban J connectivity index is 1.68. The number of hydrogen-bond acceptors (Lipinski definition) is 7. The summed E-state index contributed by atoms with van der Waals surface area (Å²) < 4.78 is 15.2. The number of rotatable bonds is 5. The number of hydrogen-bond donors (Lipinski definition) is 1. The molecule has 9 nitrogen and oxygen atoms in total. The molecule has 0 bridgehead atoms. The Hall–Kier alpha value is -3.66. The van der Waals surface area contributed by atoms with Crippen molar-refractivity contribution in [3.63, 3.8) is 0 Å². The highest BCUT2D eigenvalue weighted by Crippen LogP contribution is 2.45. The van der Waals surface area contributed by atoms with Gasteiger partial charge in [-0.25, -0.2) is 4.68 Å². The molecule has 0 radical (unpaired) electrons. The molecule has 4 aromatic rings. The number of methoxy groups -OCH3 is 1. The maximum absolute atomic E-state index is 13.2. The van der Waals surface area contributed by atoms with E-state index in [2.05, 4.69) is 36.4 Å². The minimum atomic E-state index is -0.213. The van der Waals surface area contributed by atoms with Crippen molar-refractivity contribution in [2.75, 3.05) is 13.7 Å². The molecule has 1 aliphatic heterocycles. The summed E-state index contributed by atoms with van der Waals surface area (Å²) in [6, 6.07) is 5.81. The molecular weight excluding hydrogens is 452 g/mol. The van der Waals surface area contributed by atoms with Crippen molar-refractivity contribution in [3.05, 3.63) is 46.4 Å². The molecule has 0 fully saturated rings. The summed E-state index contributed by atoms with van der Waals surface area (Å²) in [7, 11) is 3.43. The van der Waals surface area contributed by atoms with Crippen LogP contribution in [-0.2, 0) is 13.7 Å². The molecule has 5 rings (SSSR count). The van der Waals surface area contributed by atoms with Crippen LogP contribution in [0.4, 0.5) is 0 Å². The first-order chi connectivity index (χ1) is 16.2. The van der Waals surface area contributed by atoms with Gasteiger partial charge in [0.15, 0.2) is 5.69 Å². The topological polar surface area (TPSA) is 96.1 Å². The lowest BCUT2D eigenvalue weighted by molar-refractivity contribution is 0.0931. The van der Waals surface area contributed by atoms with Gasteiger partial charge in [-0.1, -0.05) is 26.0 Å². The van der Waals surface area contributed by atoms with Gasteiger partial charge in [-0.15, -0.1) is 5.10 Å². The van der Waals surface area contributed by atoms with E-state index in [0.29, 0.717) is 29.4 Å². The largest absolute Gasteiger partial charge is 0.496 e. The van der Waals surface area contributed by atoms with Gasteiger partial charge in [-0.3, -0.25) is 9.48 Å². The summed E-state index contributed by atoms with van der Waals surface area (Å²) in [5.74, 6) is 1.08. The molecule has 10 heteroatoms. The van der Waals surface area contributed by atoms with Gasteiger partial charge < -0.3 is 14.8 Å². The van der Waals surface area contributed by atoms with E-state index in [1.54, 1.807) is 23.1 Å². The highest BCUT2D eigenvalue weighted by molar-refractivity contribution is 7.08. The van der Waals surface area contributed by atoms with Crippen molar-refractivity contribution in [2.45, 2.75) is 27.4 Å². The molecule has 1 amide bonds. The van der Waals surface area contributed by atoms with E-state index < -0.39 is 0 Å². The van der Waals surface area contributed by atoms with Crippen molar-refractivity contribution in [3.8, 4) is 39.7 Å². The minimum Gasteiger partial charge on any atom is -0.496 e. The third-order valence-electron chi connectivity index (χ3n) is 5.54. The molecule has 0 unspecified atom stereocenters. The zero-order chi connectivity index (χ0) is 24.0. The summed E-state index contributed by atoms with van der Waals surface area (Å²) in [6.07, 6.45) is 1.83. The van der Waals surface area contributed by atoms with E-state index in [0.717, 1.165) is 28.1 Å². The fourth-order valence-corrected chi connectivity index (χ4v) is 4.51. The van der Waals surface area contributed by atoms with Crippen LogP contribution >= 0.6 is 11.3 Å². The van der Waals surface area contributed by atoms with Gasteiger partial charge in [0.25, 0.3) is 5.91 Å². The van der Waals surface area contributed by atoms with Gasteiger partial charge in [0, 0.05) is 41.7 Å². The SMILES string of the molecule is COc1cc2c(cc1-c1cn(C)nn1)-c1c(c(C(=O)NCC(C)(C)C)nn1-c1ccsc1)CO2. The first-order valence-electron chi connectivity index (χ1n) is 10.9. The Kier molecular flexibility index (Phi) is 5.40. The number of carbonyl (C=O) groups excluding carboxylic acids is 1. The smallest absolute Gasteiger partial charge is 0.272 e. The van der Waals surface area contributed by atoms with Gasteiger partial charge in [0.1, 0.15) is 23.8 Å². The number of benzene rings is 1. The highest BCUT2D eigenvalue weighted by atomic mass is 32.1. The Morgan fingerprint density at radius 1 is 1.29 bits per heavy atom. The second kappa shape index (κ2) is 8.28. The predicted octanol–water partition coefficient (Wildman–Crippen LogP) is 4.07. The predicted molar refractivity (Wildman–Crippen MR) is 130 cm³/mol. The Labute approximate surface area is 201 Å². The number of ether oxygens (including phenoxy) is 2. The molecule has 0 spiro atoms. The molecule has 176 valence electrons. The van der Waals surface area contributed by atoms with Gasteiger partial charge in [-0.05, 0) is 22.9 Å². The zero-order valence-electron chi connectivity index (χ0n) is 19.7. The summed E-state index contributed by atoms with van der Waals surface area (Å²) in [5.41, 5.74) is 5.07. The number of thiophene rings is 1. The van der Waals surface area contributed by atoms with Crippen molar-refractivity contribution in [1.29, 1.82) is 0 Å². The van der Waals surface area contributed by atoms with Crippen molar-refractivity contribution >= 4 is 17.2 Å². The van der Waals surface area contributed by atoms with E-state index in [-0.39, 0.29) is 17.9 Å². The quantitative estimate of drug-likeness (QED) is 0.465. The Morgan fingerprint density at radius 3 is 2.76 bits per heavy atom. The molecule has 0 saturated heterocycles. The number of nitrogens with one attached hydrogen (secondary N) is 1. The summed E-state index contributed by atoms with van der Waals surface area (Å²) in [6.45, 7) is 7.00. The van der Waals surface area contributed by atoms with Crippen LogP contribution in [0.1, 0.15) is 36.8 Å². The first kappa shape index (κ1) is 22.1. The van der Waals surface area contributed by atoms with Crippen molar-refractivity contribution in [2.24, 2.45) is 12.5 Å². The average Bonchev–Trinajstić information content (AvgIpc) is 3.55. The summed E-state index contributed by atoms with van der Waals surface area (Å²) >= 11 is 1.57. The van der Waals surface area contributed by atoms with E-state index in [1.807, 2.05) is 46.9 Å². The second-order valence-electron chi connectivity index (χ2n) is 9.43. The van der Waals surface area contributed by atoms with Gasteiger partial charge in [0.05, 0.1) is 24.7 Å². The van der Waals surface area contributed by atoms with Crippen LogP contribution in [0, 0.1) is 5.41 Å². The van der Waals surface area contributed by atoms with E-state index in [4.69, 9.17) is 14.6 Å². The van der Waals surface area contributed by atoms with Crippen molar-refractivity contribution < 1.29 is 14.3 Å². The lowest BCUT2D eigenvalue weighted by atomic mass is 9.96. The van der Waals surface area contributed by atoms with Crippen molar-refractivity contribution in [1.82, 2.24) is 30.1 Å². The molecule has 4 heterocycles. The number of nitrogens with zero attached hydrogens (tertiary/aromatic N) is 5. The molecule has 3 aromatic heterocycles. The van der Waals surface area contributed by atoms with Gasteiger partial charge in [-0.2, -0.15) is 16.4 Å².